The predicted molar refractivity (Wildman–Crippen MR) is 176 cm³/mol. The molecule has 0 N–H and O–H groups in total. The van der Waals surface area contributed by atoms with Crippen molar-refractivity contribution in [3.05, 3.63) is 114 Å². The van der Waals surface area contributed by atoms with Crippen LogP contribution in [0.3, 0.4) is 0 Å². The van der Waals surface area contributed by atoms with Crippen LogP contribution in [-0.2, 0) is 36.4 Å². The first-order valence-electron chi connectivity index (χ1n) is 15.3. The van der Waals surface area contributed by atoms with Crippen molar-refractivity contribution in [2.45, 2.75) is 96.9 Å². The fraction of sp³-hybridized carbons (Fsp3) is 0.385. The first-order chi connectivity index (χ1) is 19.7. The molecule has 3 nitrogen and oxygen atoms in total. The van der Waals surface area contributed by atoms with E-state index in [1.165, 1.54) is 52.2 Å². The molecule has 1 aromatic heterocycles. The van der Waals surface area contributed by atoms with E-state index in [1.807, 2.05) is 42.5 Å². The van der Waals surface area contributed by atoms with E-state index in [0.717, 1.165) is 11.3 Å². The van der Waals surface area contributed by atoms with Crippen LogP contribution in [0.15, 0.2) is 72.9 Å². The number of hydrogen-bond acceptors (Lipinski definition) is 3. The first-order valence-corrected chi connectivity index (χ1v) is 15.3. The van der Waals surface area contributed by atoms with Gasteiger partial charge in [-0.05, 0) is 61.4 Å². The molecule has 3 aliphatic rings. The van der Waals surface area contributed by atoms with Crippen LogP contribution in [0, 0.1) is 18.8 Å². The second-order valence-corrected chi connectivity index (χ2v) is 14.9. The molecular weight excluding hydrogens is 703 g/mol. The summed E-state index contributed by atoms with van der Waals surface area (Å²) in [5.41, 5.74) is 12.0. The van der Waals surface area contributed by atoms with Crippen LogP contribution in [-0.4, -0.2) is 10.5 Å². The van der Waals surface area contributed by atoms with E-state index in [1.54, 1.807) is 6.20 Å². The van der Waals surface area contributed by atoms with Crippen LogP contribution in [0.2, 0.25) is 0 Å². The zero-order valence-corrected chi connectivity index (χ0v) is 29.5. The SMILES string of the molecule is CC1(C)CCC(C)(C)c2cc3c([c-]c21)N1[CH-]N(C(C)(C)C)c2cccc(c21)C3(C)C.[Ir+3].[c-]1ccccc1-c1ccccn1. The Kier molecular flexibility index (Phi) is 7.98. The molecule has 0 fully saturated rings. The summed E-state index contributed by atoms with van der Waals surface area (Å²) in [5, 5.41) is 0. The van der Waals surface area contributed by atoms with E-state index in [-0.39, 0.29) is 41.9 Å². The van der Waals surface area contributed by atoms with Gasteiger partial charge in [0.25, 0.3) is 0 Å². The Bertz CT molecular complexity index is 1580. The number of anilines is 3. The van der Waals surface area contributed by atoms with Crippen LogP contribution < -0.4 is 9.80 Å². The fourth-order valence-electron chi connectivity index (χ4n) is 6.80. The van der Waals surface area contributed by atoms with Crippen molar-refractivity contribution in [1.82, 2.24) is 4.98 Å². The maximum Gasteiger partial charge on any atom is 3.00 e. The molecule has 224 valence electrons. The van der Waals surface area contributed by atoms with Crippen LogP contribution in [0.5, 0.6) is 0 Å². The third kappa shape index (κ3) is 5.36. The largest absolute Gasteiger partial charge is 3.00 e. The van der Waals surface area contributed by atoms with Crippen LogP contribution in [0.4, 0.5) is 17.1 Å². The smallest absolute Gasteiger partial charge is 0.497 e. The molecule has 4 aromatic rings. The molecule has 4 heteroatoms. The second kappa shape index (κ2) is 10.9. The Morgan fingerprint density at radius 1 is 0.814 bits per heavy atom. The summed E-state index contributed by atoms with van der Waals surface area (Å²) < 4.78 is 0. The van der Waals surface area contributed by atoms with Crippen LogP contribution >= 0.6 is 0 Å². The van der Waals surface area contributed by atoms with E-state index < -0.39 is 0 Å². The van der Waals surface area contributed by atoms with Crippen molar-refractivity contribution in [3.8, 4) is 11.3 Å². The van der Waals surface area contributed by atoms with Crippen molar-refractivity contribution in [2.75, 3.05) is 9.80 Å². The number of aromatic nitrogens is 1. The summed E-state index contributed by atoms with van der Waals surface area (Å²) in [5.74, 6) is 0. The number of rotatable bonds is 1. The Hall–Kier alpha value is -2.94. The number of hydrogen-bond donors (Lipinski definition) is 0. The third-order valence-electron chi connectivity index (χ3n) is 9.54. The Labute approximate surface area is 273 Å². The van der Waals surface area contributed by atoms with Gasteiger partial charge in [0.15, 0.2) is 0 Å². The number of fused-ring (bicyclic) bond motifs is 3. The number of nitrogens with zero attached hydrogens (tertiary/aromatic N) is 3. The summed E-state index contributed by atoms with van der Waals surface area (Å²) in [7, 11) is 0. The number of pyridine rings is 1. The van der Waals surface area contributed by atoms with Gasteiger partial charge in [-0.25, -0.2) is 0 Å². The third-order valence-corrected chi connectivity index (χ3v) is 9.54. The molecule has 0 unspecified atom stereocenters. The normalized spacial score (nSPS) is 18.3. The van der Waals surface area contributed by atoms with Gasteiger partial charge in [-0.15, -0.1) is 47.0 Å². The quantitative estimate of drug-likeness (QED) is 0.181. The molecule has 0 bridgehead atoms. The minimum atomic E-state index is -0.0535. The molecule has 7 rings (SSSR count). The average Bonchev–Trinajstić information content (AvgIpc) is 3.36. The van der Waals surface area contributed by atoms with Crippen molar-refractivity contribution in [1.29, 1.82) is 0 Å². The molecule has 0 saturated heterocycles. The summed E-state index contributed by atoms with van der Waals surface area (Å²) in [6.45, 7) is 23.6. The summed E-state index contributed by atoms with van der Waals surface area (Å²) in [6.07, 6.45) is 4.23. The molecule has 0 radical (unpaired) electrons. The molecule has 0 spiro atoms. The Balaban J connectivity index is 0.000000238. The van der Waals surface area contributed by atoms with Crippen molar-refractivity contribution >= 4 is 17.1 Å². The molecule has 0 amide bonds. The minimum absolute atomic E-state index is 0. The molecule has 3 aromatic carbocycles. The Morgan fingerprint density at radius 3 is 2.19 bits per heavy atom. The monoisotopic (exact) mass is 747 g/mol. The average molecular weight is 747 g/mol. The summed E-state index contributed by atoms with van der Waals surface area (Å²) >= 11 is 0. The molecule has 0 atom stereocenters. The zero-order chi connectivity index (χ0) is 30.1. The van der Waals surface area contributed by atoms with E-state index >= 15 is 0 Å². The molecule has 43 heavy (non-hydrogen) atoms. The number of para-hydroxylation sites is 1. The molecule has 2 aliphatic heterocycles. The van der Waals surface area contributed by atoms with Gasteiger partial charge in [-0.2, -0.15) is 24.4 Å². The topological polar surface area (TPSA) is 19.4 Å². The van der Waals surface area contributed by atoms with Crippen LogP contribution in [0.1, 0.15) is 97.4 Å². The molecular formula is C39H44IrN3. The van der Waals surface area contributed by atoms with Gasteiger partial charge in [0, 0.05) is 23.1 Å². The minimum Gasteiger partial charge on any atom is -0.497 e. The number of benzene rings is 3. The first kappa shape index (κ1) is 31.5. The van der Waals surface area contributed by atoms with Gasteiger partial charge in [0.2, 0.25) is 0 Å². The van der Waals surface area contributed by atoms with Gasteiger partial charge in [0.05, 0.1) is 0 Å². The summed E-state index contributed by atoms with van der Waals surface area (Å²) in [4.78, 5) is 9.07. The van der Waals surface area contributed by atoms with E-state index in [4.69, 9.17) is 0 Å². The van der Waals surface area contributed by atoms with Gasteiger partial charge in [-0.1, -0.05) is 83.3 Å². The second-order valence-electron chi connectivity index (χ2n) is 14.9. The van der Waals surface area contributed by atoms with Crippen molar-refractivity contribution in [3.63, 3.8) is 0 Å². The molecule has 0 saturated carbocycles. The standard InChI is InChI=1S/C28H36N2.C11H8N.Ir/c1-25(2,3)30-17-29-23-16-20-19(26(4,5)13-14-27(20,6)7)15-21(23)28(8,9)18-11-10-12-22(30)24(18)29;1-2-6-10(7-3-1)11-8-4-5-9-12-11;/h10-12,15,17H,13-14H2,1-9H3;1-6,8-9H;/q-2;-1;+3. The molecule has 1 aliphatic carbocycles. The van der Waals surface area contributed by atoms with Crippen molar-refractivity contribution in [2.24, 2.45) is 0 Å². The molecule has 3 heterocycles. The van der Waals surface area contributed by atoms with Gasteiger partial charge in [-0.3, -0.25) is 0 Å². The summed E-state index contributed by atoms with van der Waals surface area (Å²) in [6, 6.07) is 30.2. The predicted octanol–water partition coefficient (Wildman–Crippen LogP) is 9.90. The van der Waals surface area contributed by atoms with Gasteiger partial charge >= 0.3 is 20.1 Å². The van der Waals surface area contributed by atoms with E-state index in [9.17, 15) is 0 Å². The zero-order valence-electron chi connectivity index (χ0n) is 27.1. The Morgan fingerprint density at radius 2 is 1.53 bits per heavy atom. The van der Waals surface area contributed by atoms with E-state index in [2.05, 4.69) is 120 Å². The maximum atomic E-state index is 4.22. The van der Waals surface area contributed by atoms with Gasteiger partial charge < -0.3 is 14.8 Å². The van der Waals surface area contributed by atoms with Crippen LogP contribution in [0.25, 0.3) is 11.3 Å². The van der Waals surface area contributed by atoms with Crippen molar-refractivity contribution < 1.29 is 20.1 Å². The van der Waals surface area contributed by atoms with Gasteiger partial charge in [0.1, 0.15) is 0 Å². The van der Waals surface area contributed by atoms with E-state index in [0.29, 0.717) is 0 Å². The maximum absolute atomic E-state index is 4.22. The fourth-order valence-corrected chi connectivity index (χ4v) is 6.80.